The quantitative estimate of drug-likeness (QED) is 0.664. The molecule has 1 aromatic rings. The van der Waals surface area contributed by atoms with E-state index in [4.69, 9.17) is 0 Å². The van der Waals surface area contributed by atoms with Gasteiger partial charge in [-0.3, -0.25) is 9.78 Å². The van der Waals surface area contributed by atoms with Crippen molar-refractivity contribution in [1.82, 2.24) is 4.98 Å². The van der Waals surface area contributed by atoms with E-state index in [0.717, 1.165) is 6.20 Å². The van der Waals surface area contributed by atoms with Crippen LogP contribution in [-0.2, 0) is 16.0 Å². The summed E-state index contributed by atoms with van der Waals surface area (Å²) in [7, 11) is 0. The lowest BCUT2D eigenvalue weighted by Crippen LogP contribution is -2.12. The maximum atomic E-state index is 12.7. The van der Waals surface area contributed by atoms with Crippen LogP contribution >= 0.6 is 22.6 Å². The summed E-state index contributed by atoms with van der Waals surface area (Å²) in [6.07, 6.45) is -2.18. The van der Waals surface area contributed by atoms with Crippen molar-refractivity contribution >= 4 is 28.6 Å². The summed E-state index contributed by atoms with van der Waals surface area (Å²) in [5, 5.41) is 9.38. The zero-order chi connectivity index (χ0) is 13.0. The molecule has 0 saturated carbocycles. The van der Waals surface area contributed by atoms with Crippen LogP contribution in [-0.4, -0.2) is 22.7 Å². The lowest BCUT2D eigenvalue weighted by atomic mass is 10.1. The van der Waals surface area contributed by atoms with Crippen LogP contribution < -0.4 is 0 Å². The van der Waals surface area contributed by atoms with E-state index in [1.807, 2.05) is 0 Å². The Bertz CT molecular complexity index is 426. The van der Waals surface area contributed by atoms with Crippen LogP contribution in [0, 0.1) is 3.57 Å². The summed E-state index contributed by atoms with van der Waals surface area (Å²) in [4.78, 5) is 14.7. The third-order valence-electron chi connectivity index (χ3n) is 1.96. The number of hydrogen-bond acceptors (Lipinski definition) is 4. The van der Waals surface area contributed by atoms with E-state index < -0.39 is 18.1 Å². The number of aromatic nitrogens is 1. The van der Waals surface area contributed by atoms with Crippen LogP contribution in [0.3, 0.4) is 0 Å². The molecule has 0 unspecified atom stereocenters. The summed E-state index contributed by atoms with van der Waals surface area (Å²) in [6, 6.07) is 0. The minimum absolute atomic E-state index is 0.0130. The third kappa shape index (κ3) is 3.48. The number of halogens is 3. The molecule has 0 aromatic carbocycles. The smallest absolute Gasteiger partial charge is 0.310 e. The van der Waals surface area contributed by atoms with Crippen LogP contribution in [0.25, 0.3) is 0 Å². The van der Waals surface area contributed by atoms with Crippen LogP contribution in [0.4, 0.5) is 8.78 Å². The molecule has 0 radical (unpaired) electrons. The Labute approximate surface area is 110 Å². The molecule has 0 saturated heterocycles. The number of hydrogen-bond donors (Lipinski definition) is 1. The Morgan fingerprint density at radius 3 is 2.82 bits per heavy atom. The van der Waals surface area contributed by atoms with Gasteiger partial charge in [-0.25, -0.2) is 8.78 Å². The first-order chi connectivity index (χ1) is 7.97. The highest BCUT2D eigenvalue weighted by Crippen LogP contribution is 2.30. The van der Waals surface area contributed by atoms with Crippen LogP contribution in [0.5, 0.6) is 5.75 Å². The zero-order valence-electron chi connectivity index (χ0n) is 8.91. The first-order valence-corrected chi connectivity index (χ1v) is 5.85. The van der Waals surface area contributed by atoms with Crippen molar-refractivity contribution in [3.8, 4) is 5.75 Å². The minimum atomic E-state index is -2.80. The molecule has 1 rings (SSSR count). The average molecular weight is 357 g/mol. The summed E-state index contributed by atoms with van der Waals surface area (Å²) in [6.45, 7) is 1.79. The van der Waals surface area contributed by atoms with Crippen molar-refractivity contribution in [2.45, 2.75) is 19.8 Å². The summed E-state index contributed by atoms with van der Waals surface area (Å²) in [5.74, 6) is -0.853. The topological polar surface area (TPSA) is 59.4 Å². The van der Waals surface area contributed by atoms with Gasteiger partial charge in [-0.05, 0) is 29.5 Å². The van der Waals surface area contributed by atoms with E-state index in [2.05, 4.69) is 9.72 Å². The van der Waals surface area contributed by atoms with Crippen LogP contribution in [0.1, 0.15) is 24.6 Å². The molecule has 1 N–H and O–H groups in total. The molecule has 0 fully saturated rings. The molecule has 4 nitrogen and oxygen atoms in total. The van der Waals surface area contributed by atoms with Gasteiger partial charge in [0.15, 0.2) is 0 Å². The SMILES string of the molecule is CCOC(=O)Cc1c(C(F)F)ncc(O)c1I. The van der Waals surface area contributed by atoms with Crippen LogP contribution in [0.15, 0.2) is 6.20 Å². The Hall–Kier alpha value is -0.990. The maximum absolute atomic E-state index is 12.7. The second-order valence-corrected chi connectivity index (χ2v) is 4.18. The molecule has 0 aliphatic carbocycles. The third-order valence-corrected chi connectivity index (χ3v) is 3.16. The van der Waals surface area contributed by atoms with Crippen LogP contribution in [0.2, 0.25) is 0 Å². The fourth-order valence-corrected chi connectivity index (χ4v) is 1.85. The average Bonchev–Trinajstić information content (AvgIpc) is 2.25. The van der Waals surface area contributed by atoms with Gasteiger partial charge < -0.3 is 9.84 Å². The van der Waals surface area contributed by atoms with Gasteiger partial charge >= 0.3 is 5.97 Å². The Kier molecular flexibility index (Phi) is 5.03. The van der Waals surface area contributed by atoms with Gasteiger partial charge in [-0.2, -0.15) is 0 Å². The maximum Gasteiger partial charge on any atom is 0.310 e. The monoisotopic (exact) mass is 357 g/mol. The highest BCUT2D eigenvalue weighted by Gasteiger charge is 2.22. The molecule has 7 heteroatoms. The molecule has 1 aromatic heterocycles. The van der Waals surface area contributed by atoms with Crippen molar-refractivity contribution in [1.29, 1.82) is 0 Å². The lowest BCUT2D eigenvalue weighted by molar-refractivity contribution is -0.142. The molecular formula is C10H10F2INO3. The predicted octanol–water partition coefficient (Wildman–Crippen LogP) is 2.44. The first kappa shape index (κ1) is 14.1. The van der Waals surface area contributed by atoms with Gasteiger partial charge in [0, 0.05) is 5.56 Å². The highest BCUT2D eigenvalue weighted by molar-refractivity contribution is 14.1. The number of ether oxygens (including phenoxy) is 1. The summed E-state index contributed by atoms with van der Waals surface area (Å²) < 4.78 is 30.2. The summed E-state index contributed by atoms with van der Waals surface area (Å²) in [5.41, 5.74) is -0.487. The molecule has 17 heavy (non-hydrogen) atoms. The fourth-order valence-electron chi connectivity index (χ4n) is 1.24. The fraction of sp³-hybridized carbons (Fsp3) is 0.400. The Morgan fingerprint density at radius 2 is 2.29 bits per heavy atom. The number of nitrogens with zero attached hydrogens (tertiary/aromatic N) is 1. The van der Waals surface area contributed by atoms with Gasteiger partial charge in [0.1, 0.15) is 11.4 Å². The number of alkyl halides is 2. The largest absolute Gasteiger partial charge is 0.505 e. The normalized spacial score (nSPS) is 10.6. The highest BCUT2D eigenvalue weighted by atomic mass is 127. The molecule has 0 aliphatic rings. The minimum Gasteiger partial charge on any atom is -0.505 e. The van der Waals surface area contributed by atoms with Crippen molar-refractivity contribution in [2.75, 3.05) is 6.61 Å². The van der Waals surface area contributed by atoms with E-state index in [1.165, 1.54) is 0 Å². The van der Waals surface area contributed by atoms with Gasteiger partial charge in [-0.1, -0.05) is 0 Å². The first-order valence-electron chi connectivity index (χ1n) is 4.77. The lowest BCUT2D eigenvalue weighted by Gasteiger charge is -2.10. The Balaban J connectivity index is 3.10. The van der Waals surface area contributed by atoms with Crippen molar-refractivity contribution in [3.05, 3.63) is 21.0 Å². The molecule has 0 aliphatic heterocycles. The van der Waals surface area contributed by atoms with E-state index in [9.17, 15) is 18.7 Å². The van der Waals surface area contributed by atoms with Gasteiger partial charge in [0.25, 0.3) is 6.43 Å². The van der Waals surface area contributed by atoms with E-state index in [1.54, 1.807) is 29.5 Å². The molecule has 0 atom stereocenters. The van der Waals surface area contributed by atoms with Gasteiger partial charge in [0.05, 0.1) is 22.8 Å². The molecular weight excluding hydrogens is 347 g/mol. The summed E-state index contributed by atoms with van der Waals surface area (Å²) >= 11 is 1.69. The Morgan fingerprint density at radius 1 is 1.65 bits per heavy atom. The number of pyridine rings is 1. The van der Waals surface area contributed by atoms with E-state index in [0.29, 0.717) is 0 Å². The number of aromatic hydroxyl groups is 1. The molecule has 1 heterocycles. The predicted molar refractivity (Wildman–Crippen MR) is 63.9 cm³/mol. The van der Waals surface area contributed by atoms with Crippen molar-refractivity contribution in [2.24, 2.45) is 0 Å². The van der Waals surface area contributed by atoms with Crippen molar-refractivity contribution in [3.63, 3.8) is 0 Å². The standard InChI is InChI=1S/C10H10F2INO3/c1-2-17-7(16)3-5-8(13)6(15)4-14-9(5)10(11)12/h4,10,15H,2-3H2,1H3. The van der Waals surface area contributed by atoms with Crippen molar-refractivity contribution < 1.29 is 23.4 Å². The number of rotatable bonds is 4. The van der Waals surface area contributed by atoms with E-state index >= 15 is 0 Å². The molecule has 0 amide bonds. The second-order valence-electron chi connectivity index (χ2n) is 3.10. The van der Waals surface area contributed by atoms with Gasteiger partial charge in [-0.15, -0.1) is 0 Å². The van der Waals surface area contributed by atoms with E-state index in [-0.39, 0.29) is 27.9 Å². The molecule has 0 spiro atoms. The number of carbonyl (C=O) groups is 1. The number of esters is 1. The number of carbonyl (C=O) groups excluding carboxylic acids is 1. The zero-order valence-corrected chi connectivity index (χ0v) is 11.1. The van der Waals surface area contributed by atoms with Gasteiger partial charge in [0.2, 0.25) is 0 Å². The molecule has 0 bridgehead atoms. The molecule has 94 valence electrons. The second kappa shape index (κ2) is 6.08.